The van der Waals surface area contributed by atoms with Gasteiger partial charge in [0.15, 0.2) is 6.10 Å². The van der Waals surface area contributed by atoms with Gasteiger partial charge in [-0.05, 0) is 83.5 Å². The number of ether oxygens (including phenoxy) is 2. The smallest absolute Gasteiger partial charge is 0.462 e. The molecule has 0 heterocycles. The van der Waals surface area contributed by atoms with E-state index in [1.165, 1.54) is 32.1 Å². The third kappa shape index (κ3) is 38.3. The van der Waals surface area contributed by atoms with Crippen LogP contribution in [0.3, 0.4) is 0 Å². The van der Waals surface area contributed by atoms with E-state index in [0.29, 0.717) is 12.8 Å². The van der Waals surface area contributed by atoms with E-state index in [0.717, 1.165) is 83.5 Å². The molecule has 0 aromatic carbocycles. The maximum atomic E-state index is 12.4. The number of phosphoric acid groups is 1. The Labute approximate surface area is 304 Å². The quantitative estimate of drug-likeness (QED) is 0.0292. The molecule has 0 fully saturated rings. The fraction of sp³-hybridized carbons (Fsp3) is 0.659. The Morgan fingerprint density at radius 3 is 1.48 bits per heavy atom. The third-order valence-electron chi connectivity index (χ3n) is 7.71. The highest BCUT2D eigenvalue weighted by Crippen LogP contribution is 2.36. The molecular formula is C41H69O8P. The fourth-order valence-corrected chi connectivity index (χ4v) is 5.22. The Hall–Kier alpha value is -2.51. The molecule has 1 atom stereocenters. The number of phosphoric ester groups is 1. The molecule has 0 aromatic heterocycles. The van der Waals surface area contributed by atoms with Crippen LogP contribution in [0.1, 0.15) is 155 Å². The lowest BCUT2D eigenvalue weighted by Crippen LogP contribution is -2.29. The van der Waals surface area contributed by atoms with Crippen LogP contribution in [0.2, 0.25) is 0 Å². The molecule has 50 heavy (non-hydrogen) atoms. The Morgan fingerprint density at radius 2 is 0.960 bits per heavy atom. The highest BCUT2D eigenvalue weighted by molar-refractivity contribution is 7.46. The van der Waals surface area contributed by atoms with Crippen LogP contribution in [-0.2, 0) is 28.2 Å². The second-order valence-electron chi connectivity index (χ2n) is 12.5. The number of hydrogen-bond donors (Lipinski definition) is 2. The summed E-state index contributed by atoms with van der Waals surface area (Å²) < 4.78 is 26.3. The van der Waals surface area contributed by atoms with Crippen molar-refractivity contribution in [2.24, 2.45) is 0 Å². The lowest BCUT2D eigenvalue weighted by molar-refractivity contribution is -0.161. The third-order valence-corrected chi connectivity index (χ3v) is 8.19. The summed E-state index contributed by atoms with van der Waals surface area (Å²) >= 11 is 0. The second-order valence-corrected chi connectivity index (χ2v) is 13.8. The van der Waals surface area contributed by atoms with Crippen LogP contribution < -0.4 is 0 Å². The minimum atomic E-state index is -4.77. The molecule has 0 aromatic rings. The predicted molar refractivity (Wildman–Crippen MR) is 207 cm³/mol. The average molecular weight is 721 g/mol. The van der Waals surface area contributed by atoms with Gasteiger partial charge in [-0.15, -0.1) is 0 Å². The standard InChI is InChI=1S/C41H69O8P/c1-3-5-7-9-11-13-15-17-18-19-20-21-22-24-26-28-30-32-34-36-41(43)49-39(38-48-50(44,45)46)37-47-40(42)35-33-31-29-27-25-23-16-14-12-10-8-6-4-2/h5,7,11,13-14,16-18,20-21,24,26,39H,3-4,6,8-10,12,15,19,22-23,25,27-38H2,1-2H3,(H2,44,45,46)/b7-5-,13-11-,16-14-,18-17-,21-20-,26-24-. The lowest BCUT2D eigenvalue weighted by Gasteiger charge is -2.18. The zero-order chi connectivity index (χ0) is 36.8. The van der Waals surface area contributed by atoms with Crippen molar-refractivity contribution in [3.8, 4) is 0 Å². The molecule has 0 spiro atoms. The first-order valence-corrected chi connectivity index (χ1v) is 20.8. The number of unbranched alkanes of at least 4 members (excludes halogenated alkanes) is 12. The minimum Gasteiger partial charge on any atom is -0.462 e. The lowest BCUT2D eigenvalue weighted by atomic mass is 10.1. The van der Waals surface area contributed by atoms with Crippen molar-refractivity contribution < 1.29 is 37.9 Å². The van der Waals surface area contributed by atoms with Crippen molar-refractivity contribution in [1.82, 2.24) is 0 Å². The summed E-state index contributed by atoms with van der Waals surface area (Å²) in [5, 5.41) is 0. The largest absolute Gasteiger partial charge is 0.469 e. The van der Waals surface area contributed by atoms with Crippen LogP contribution in [0.5, 0.6) is 0 Å². The van der Waals surface area contributed by atoms with Crippen molar-refractivity contribution in [1.29, 1.82) is 0 Å². The Morgan fingerprint density at radius 1 is 0.540 bits per heavy atom. The van der Waals surface area contributed by atoms with Gasteiger partial charge < -0.3 is 19.3 Å². The number of carbonyl (C=O) groups excluding carboxylic acids is 2. The minimum absolute atomic E-state index is 0.167. The molecule has 0 radical (unpaired) electrons. The molecule has 1 unspecified atom stereocenters. The van der Waals surface area contributed by atoms with Gasteiger partial charge in [-0.25, -0.2) is 4.57 Å². The summed E-state index contributed by atoms with van der Waals surface area (Å²) in [6.07, 6.45) is 46.2. The SMILES string of the molecule is CC/C=C\C/C=C\C/C=C\C/C=C\C/C=C\CCCCCC(=O)OC(COC(=O)CCCCCCC/C=C\CCCCCC)COP(=O)(O)O. The van der Waals surface area contributed by atoms with Crippen LogP contribution in [0.4, 0.5) is 0 Å². The van der Waals surface area contributed by atoms with Crippen LogP contribution in [0.15, 0.2) is 72.9 Å². The maximum Gasteiger partial charge on any atom is 0.469 e. The van der Waals surface area contributed by atoms with Gasteiger partial charge in [0.25, 0.3) is 0 Å². The molecular weight excluding hydrogens is 651 g/mol. The van der Waals surface area contributed by atoms with Gasteiger partial charge in [0.1, 0.15) is 6.61 Å². The molecule has 0 aliphatic heterocycles. The summed E-state index contributed by atoms with van der Waals surface area (Å²) in [5.41, 5.74) is 0. The van der Waals surface area contributed by atoms with Gasteiger partial charge in [-0.2, -0.15) is 0 Å². The normalized spacial score (nSPS) is 13.3. The van der Waals surface area contributed by atoms with Gasteiger partial charge in [0.2, 0.25) is 0 Å². The van der Waals surface area contributed by atoms with Crippen LogP contribution in [-0.4, -0.2) is 41.0 Å². The number of esters is 2. The van der Waals surface area contributed by atoms with E-state index in [-0.39, 0.29) is 19.4 Å². The summed E-state index contributed by atoms with van der Waals surface area (Å²) in [4.78, 5) is 42.7. The van der Waals surface area contributed by atoms with E-state index in [9.17, 15) is 14.2 Å². The van der Waals surface area contributed by atoms with Gasteiger partial charge in [-0.1, -0.05) is 132 Å². The number of carbonyl (C=O) groups is 2. The topological polar surface area (TPSA) is 119 Å². The molecule has 0 rings (SSSR count). The number of hydrogen-bond acceptors (Lipinski definition) is 6. The molecule has 0 saturated heterocycles. The highest BCUT2D eigenvalue weighted by Gasteiger charge is 2.22. The van der Waals surface area contributed by atoms with Crippen LogP contribution in [0.25, 0.3) is 0 Å². The van der Waals surface area contributed by atoms with E-state index in [4.69, 9.17) is 19.3 Å². The Balaban J connectivity index is 4.07. The fourth-order valence-electron chi connectivity index (χ4n) is 4.86. The summed E-state index contributed by atoms with van der Waals surface area (Å²) in [6, 6.07) is 0. The van der Waals surface area contributed by atoms with E-state index >= 15 is 0 Å². The number of rotatable bonds is 34. The van der Waals surface area contributed by atoms with Crippen LogP contribution >= 0.6 is 7.82 Å². The molecule has 0 saturated carbocycles. The number of allylic oxidation sites excluding steroid dienone is 12. The van der Waals surface area contributed by atoms with Crippen molar-refractivity contribution in [2.45, 2.75) is 161 Å². The zero-order valence-corrected chi connectivity index (χ0v) is 32.2. The van der Waals surface area contributed by atoms with E-state index < -0.39 is 32.5 Å². The summed E-state index contributed by atoms with van der Waals surface area (Å²) in [5.74, 6) is -0.940. The van der Waals surface area contributed by atoms with Crippen molar-refractivity contribution in [3.63, 3.8) is 0 Å². The van der Waals surface area contributed by atoms with E-state index in [1.807, 2.05) is 0 Å². The second kappa shape index (κ2) is 36.3. The Kier molecular flexibility index (Phi) is 34.5. The predicted octanol–water partition coefficient (Wildman–Crippen LogP) is 11.5. The first-order valence-electron chi connectivity index (χ1n) is 19.2. The molecule has 0 bridgehead atoms. The maximum absolute atomic E-state index is 12.4. The van der Waals surface area contributed by atoms with Crippen molar-refractivity contribution in [3.05, 3.63) is 72.9 Å². The first-order chi connectivity index (χ1) is 24.3. The van der Waals surface area contributed by atoms with E-state index in [1.54, 1.807) is 0 Å². The molecule has 9 heteroatoms. The molecule has 8 nitrogen and oxygen atoms in total. The summed E-state index contributed by atoms with van der Waals surface area (Å²) in [7, 11) is -4.77. The van der Waals surface area contributed by atoms with Crippen molar-refractivity contribution >= 4 is 19.8 Å². The summed E-state index contributed by atoms with van der Waals surface area (Å²) in [6.45, 7) is 3.50. The Bertz CT molecular complexity index is 1040. The van der Waals surface area contributed by atoms with Gasteiger partial charge in [0, 0.05) is 12.8 Å². The van der Waals surface area contributed by atoms with Gasteiger partial charge >= 0.3 is 19.8 Å². The average Bonchev–Trinajstić information content (AvgIpc) is 3.08. The van der Waals surface area contributed by atoms with Gasteiger partial charge in [0.05, 0.1) is 6.61 Å². The van der Waals surface area contributed by atoms with Crippen LogP contribution in [0, 0.1) is 0 Å². The molecule has 286 valence electrons. The zero-order valence-electron chi connectivity index (χ0n) is 31.3. The van der Waals surface area contributed by atoms with Crippen molar-refractivity contribution in [2.75, 3.05) is 13.2 Å². The van der Waals surface area contributed by atoms with Gasteiger partial charge in [-0.3, -0.25) is 14.1 Å². The van der Waals surface area contributed by atoms with E-state index in [2.05, 4.69) is 91.3 Å². The highest BCUT2D eigenvalue weighted by atomic mass is 31.2. The monoisotopic (exact) mass is 720 g/mol. The molecule has 2 N–H and O–H groups in total. The molecule has 0 amide bonds. The first kappa shape index (κ1) is 47.5. The molecule has 0 aliphatic rings. The molecule has 0 aliphatic carbocycles.